The SMILES string of the molecule is CCCCCCCCCC/C=C\CCCCCCCCCCCCCCCCCCCC(=O)OC(COC(=O)CCCCCCCCCCCC)COC(OCC[N+](C)(C)C)C(=O)O. The summed E-state index contributed by atoms with van der Waals surface area (Å²) in [5, 5.41) is 9.65. The molecule has 64 heavy (non-hydrogen) atoms. The molecule has 0 aliphatic rings. The molecule has 9 heteroatoms. The minimum absolute atomic E-state index is 0.175. The van der Waals surface area contributed by atoms with Crippen molar-refractivity contribution in [1.82, 2.24) is 0 Å². The second kappa shape index (κ2) is 47.5. The molecule has 0 rings (SSSR count). The highest BCUT2D eigenvalue weighted by Crippen LogP contribution is 2.17. The molecule has 0 spiro atoms. The summed E-state index contributed by atoms with van der Waals surface area (Å²) < 4.78 is 22.8. The van der Waals surface area contributed by atoms with Gasteiger partial charge in [-0.2, -0.15) is 0 Å². The lowest BCUT2D eigenvalue weighted by atomic mass is 10.0. The molecule has 0 aromatic carbocycles. The van der Waals surface area contributed by atoms with Crippen molar-refractivity contribution in [2.45, 2.75) is 277 Å². The highest BCUT2D eigenvalue weighted by molar-refractivity contribution is 5.71. The average molecular weight is 909 g/mol. The van der Waals surface area contributed by atoms with Gasteiger partial charge in [-0.05, 0) is 38.5 Å². The molecule has 0 amide bonds. The minimum atomic E-state index is -1.50. The van der Waals surface area contributed by atoms with Crippen LogP contribution < -0.4 is 0 Å². The lowest BCUT2D eigenvalue weighted by Gasteiger charge is -2.25. The second-order valence-corrected chi connectivity index (χ2v) is 19.9. The zero-order chi connectivity index (χ0) is 47.0. The van der Waals surface area contributed by atoms with E-state index in [0.29, 0.717) is 17.4 Å². The van der Waals surface area contributed by atoms with Crippen LogP contribution in [0.25, 0.3) is 0 Å². The molecule has 1 N–H and O–H groups in total. The van der Waals surface area contributed by atoms with E-state index in [2.05, 4.69) is 26.0 Å². The first kappa shape index (κ1) is 62.0. The summed E-state index contributed by atoms with van der Waals surface area (Å²) in [4.78, 5) is 37.2. The van der Waals surface area contributed by atoms with Crippen molar-refractivity contribution in [2.24, 2.45) is 0 Å². The van der Waals surface area contributed by atoms with E-state index in [1.54, 1.807) is 0 Å². The molecule has 0 bridgehead atoms. The Kier molecular flexibility index (Phi) is 46.1. The van der Waals surface area contributed by atoms with E-state index in [1.807, 2.05) is 21.1 Å². The Morgan fingerprint density at radius 1 is 0.453 bits per heavy atom. The maximum absolute atomic E-state index is 12.8. The third-order valence-corrected chi connectivity index (χ3v) is 12.3. The number of hydrogen-bond donors (Lipinski definition) is 1. The molecule has 0 aromatic heterocycles. The maximum atomic E-state index is 12.8. The van der Waals surface area contributed by atoms with Gasteiger partial charge in [0.2, 0.25) is 0 Å². The number of aliphatic carboxylic acids is 1. The van der Waals surface area contributed by atoms with Crippen molar-refractivity contribution in [2.75, 3.05) is 47.5 Å². The number of likely N-dealkylation sites (N-methyl/N-ethyl adjacent to an activating group) is 1. The van der Waals surface area contributed by atoms with Gasteiger partial charge < -0.3 is 28.5 Å². The molecule has 0 aliphatic heterocycles. The number of carboxylic acids is 1. The average Bonchev–Trinajstić information content (AvgIpc) is 3.26. The van der Waals surface area contributed by atoms with Gasteiger partial charge in [-0.1, -0.05) is 225 Å². The van der Waals surface area contributed by atoms with Crippen LogP contribution in [0.3, 0.4) is 0 Å². The number of hydrogen-bond acceptors (Lipinski definition) is 7. The van der Waals surface area contributed by atoms with Crippen LogP contribution in [0.4, 0.5) is 0 Å². The van der Waals surface area contributed by atoms with Gasteiger partial charge in [0.1, 0.15) is 13.2 Å². The van der Waals surface area contributed by atoms with E-state index < -0.39 is 18.4 Å². The number of carbonyl (C=O) groups is 3. The van der Waals surface area contributed by atoms with Crippen LogP contribution in [-0.4, -0.2) is 87.4 Å². The number of allylic oxidation sites excluding steroid dienone is 2. The summed E-state index contributed by atoms with van der Waals surface area (Å²) >= 11 is 0. The highest BCUT2D eigenvalue weighted by atomic mass is 16.7. The first-order valence-electron chi connectivity index (χ1n) is 27.4. The molecule has 0 radical (unpaired) electrons. The number of carbonyl (C=O) groups excluding carboxylic acids is 2. The first-order valence-corrected chi connectivity index (χ1v) is 27.4. The fraction of sp³-hybridized carbons (Fsp3) is 0.909. The van der Waals surface area contributed by atoms with Gasteiger partial charge in [-0.3, -0.25) is 9.59 Å². The van der Waals surface area contributed by atoms with Crippen molar-refractivity contribution in [3.05, 3.63) is 12.2 Å². The summed E-state index contributed by atoms with van der Waals surface area (Å²) in [6, 6.07) is 0. The van der Waals surface area contributed by atoms with E-state index in [1.165, 1.54) is 199 Å². The van der Waals surface area contributed by atoms with E-state index >= 15 is 0 Å². The summed E-state index contributed by atoms with van der Waals surface area (Å²) in [6.07, 6.45) is 50.2. The Hall–Kier alpha value is -1.97. The molecule has 0 fully saturated rings. The molecule has 0 heterocycles. The minimum Gasteiger partial charge on any atom is -0.477 e. The van der Waals surface area contributed by atoms with Crippen LogP contribution in [0.15, 0.2) is 12.2 Å². The van der Waals surface area contributed by atoms with Crippen molar-refractivity contribution < 1.29 is 42.9 Å². The number of ether oxygens (including phenoxy) is 4. The van der Waals surface area contributed by atoms with Crippen LogP contribution in [0.5, 0.6) is 0 Å². The molecular weight excluding hydrogens is 803 g/mol. The van der Waals surface area contributed by atoms with Crippen molar-refractivity contribution >= 4 is 17.9 Å². The number of esters is 2. The highest BCUT2D eigenvalue weighted by Gasteiger charge is 2.25. The zero-order valence-corrected chi connectivity index (χ0v) is 43.0. The topological polar surface area (TPSA) is 108 Å². The van der Waals surface area contributed by atoms with Gasteiger partial charge in [0, 0.05) is 12.8 Å². The van der Waals surface area contributed by atoms with Gasteiger partial charge in [-0.15, -0.1) is 0 Å². The van der Waals surface area contributed by atoms with Crippen molar-refractivity contribution in [1.29, 1.82) is 0 Å². The Morgan fingerprint density at radius 2 is 0.797 bits per heavy atom. The monoisotopic (exact) mass is 909 g/mol. The molecule has 0 saturated heterocycles. The van der Waals surface area contributed by atoms with Gasteiger partial charge in [0.05, 0.1) is 34.4 Å². The van der Waals surface area contributed by atoms with Crippen molar-refractivity contribution in [3.8, 4) is 0 Å². The van der Waals surface area contributed by atoms with Gasteiger partial charge >= 0.3 is 17.9 Å². The quantitative estimate of drug-likeness (QED) is 0.0211. The van der Waals surface area contributed by atoms with E-state index in [9.17, 15) is 19.5 Å². The normalized spacial score (nSPS) is 12.8. The van der Waals surface area contributed by atoms with Gasteiger partial charge in [0.15, 0.2) is 6.10 Å². The summed E-state index contributed by atoms with van der Waals surface area (Å²) in [5.74, 6) is -1.99. The smallest absolute Gasteiger partial charge is 0.361 e. The van der Waals surface area contributed by atoms with Gasteiger partial charge in [-0.25, -0.2) is 4.79 Å². The molecule has 2 atom stereocenters. The number of unbranched alkanes of at least 4 members (excludes halogenated alkanes) is 34. The predicted octanol–water partition coefficient (Wildman–Crippen LogP) is 15.4. The molecule has 9 nitrogen and oxygen atoms in total. The van der Waals surface area contributed by atoms with Crippen LogP contribution >= 0.6 is 0 Å². The predicted molar refractivity (Wildman–Crippen MR) is 268 cm³/mol. The van der Waals surface area contributed by atoms with Crippen LogP contribution in [-0.2, 0) is 33.3 Å². The summed E-state index contributed by atoms with van der Waals surface area (Å²) in [5.41, 5.74) is 0. The van der Waals surface area contributed by atoms with E-state index in [0.717, 1.165) is 38.5 Å². The Labute approximate surface area is 395 Å². The fourth-order valence-corrected chi connectivity index (χ4v) is 8.01. The summed E-state index contributed by atoms with van der Waals surface area (Å²) in [7, 11) is 5.97. The molecular formula is C55H106NO8+. The number of carboxylic acid groups (broad SMARTS) is 1. The largest absolute Gasteiger partial charge is 0.477 e. The second-order valence-electron chi connectivity index (χ2n) is 19.9. The first-order chi connectivity index (χ1) is 31.1. The summed E-state index contributed by atoms with van der Waals surface area (Å²) in [6.45, 7) is 4.89. The maximum Gasteiger partial charge on any atom is 0.361 e. The molecule has 0 aromatic rings. The van der Waals surface area contributed by atoms with Gasteiger partial charge in [0.25, 0.3) is 6.29 Å². The van der Waals surface area contributed by atoms with Crippen LogP contribution in [0, 0.1) is 0 Å². The molecule has 0 saturated carbocycles. The number of quaternary nitrogens is 1. The van der Waals surface area contributed by atoms with E-state index in [-0.39, 0.29) is 38.2 Å². The number of nitrogens with zero attached hydrogens (tertiary/aromatic N) is 1. The van der Waals surface area contributed by atoms with Crippen molar-refractivity contribution in [3.63, 3.8) is 0 Å². The van der Waals surface area contributed by atoms with Crippen LogP contribution in [0.2, 0.25) is 0 Å². The van der Waals surface area contributed by atoms with E-state index in [4.69, 9.17) is 18.9 Å². The van der Waals surface area contributed by atoms with Crippen LogP contribution in [0.1, 0.15) is 264 Å². The third-order valence-electron chi connectivity index (χ3n) is 12.3. The fourth-order valence-electron chi connectivity index (χ4n) is 8.01. The third kappa shape index (κ3) is 48.0. The molecule has 2 unspecified atom stereocenters. The Bertz CT molecular complexity index is 1060. The lowest BCUT2D eigenvalue weighted by molar-refractivity contribution is -0.870. The lowest BCUT2D eigenvalue weighted by Crippen LogP contribution is -2.40. The zero-order valence-electron chi connectivity index (χ0n) is 43.0. The standard InChI is InChI=1S/C55H105NO8/c1-6-8-10-12-14-16-18-19-20-21-22-23-24-25-26-27-28-29-30-31-32-33-34-35-36-38-40-42-44-46-53(58)64-51(50-63-55(54(59)60)61-48-47-56(3,4)5)49-62-52(57)45-43-41-39-37-17-15-13-11-9-7-2/h21-22,51,55H,6-20,23-50H2,1-5H3/p+1/b22-21-. The Balaban J connectivity index is 4.07. The Morgan fingerprint density at radius 3 is 1.16 bits per heavy atom. The molecule has 0 aliphatic carbocycles. The number of rotatable bonds is 51. The molecule has 378 valence electrons.